The molecule has 1 heterocycles. The van der Waals surface area contributed by atoms with Gasteiger partial charge in [-0.1, -0.05) is 6.07 Å². The Morgan fingerprint density at radius 2 is 1.91 bits per heavy atom. The van der Waals surface area contributed by atoms with Gasteiger partial charge in [0.05, 0.1) is 4.90 Å². The minimum absolute atomic E-state index is 0.141. The van der Waals surface area contributed by atoms with Gasteiger partial charge in [-0.2, -0.15) is 0 Å². The molecule has 3 rings (SSSR count). The van der Waals surface area contributed by atoms with Crippen molar-refractivity contribution in [1.82, 2.24) is 0 Å². The van der Waals surface area contributed by atoms with Crippen molar-refractivity contribution in [2.75, 3.05) is 19.7 Å². The number of rotatable bonds is 5. The van der Waals surface area contributed by atoms with Crippen LogP contribution in [0.3, 0.4) is 0 Å². The molecule has 0 N–H and O–H groups in total. The predicted octanol–water partition coefficient (Wildman–Crippen LogP) is 2.08. The Morgan fingerprint density at radius 1 is 1.13 bits per heavy atom. The number of carbonyl (C=O) groups excluding carboxylic acids is 1. The van der Waals surface area contributed by atoms with Crippen molar-refractivity contribution < 1.29 is 27.4 Å². The van der Waals surface area contributed by atoms with Gasteiger partial charge < -0.3 is 14.2 Å². The summed E-state index contributed by atoms with van der Waals surface area (Å²) in [7, 11) is -3.32. The number of fused-ring (bicyclic) bond motifs is 1. The maximum absolute atomic E-state index is 12.2. The lowest BCUT2D eigenvalue weighted by Gasteiger charge is -2.07. The molecule has 0 aromatic heterocycles. The zero-order valence-corrected chi connectivity index (χ0v) is 13.1. The molecule has 23 heavy (non-hydrogen) atoms. The Labute approximate surface area is 133 Å². The quantitative estimate of drug-likeness (QED) is 0.779. The summed E-state index contributed by atoms with van der Waals surface area (Å²) in [6.07, 6.45) is 1.11. The summed E-state index contributed by atoms with van der Waals surface area (Å²) in [5.74, 6) is 1.20. The zero-order chi connectivity index (χ0) is 16.4. The Balaban J connectivity index is 1.70. The summed E-state index contributed by atoms with van der Waals surface area (Å²) >= 11 is 0. The molecule has 0 saturated heterocycles. The summed E-state index contributed by atoms with van der Waals surface area (Å²) in [4.78, 5) is 12.3. The van der Waals surface area contributed by atoms with Crippen molar-refractivity contribution in [3.8, 4) is 17.2 Å². The largest absolute Gasteiger partial charge is 0.485 e. The van der Waals surface area contributed by atoms with Crippen molar-refractivity contribution in [2.45, 2.75) is 4.90 Å². The predicted molar refractivity (Wildman–Crippen MR) is 81.9 cm³/mol. The van der Waals surface area contributed by atoms with E-state index in [1.807, 2.05) is 0 Å². The first kappa shape index (κ1) is 15.4. The van der Waals surface area contributed by atoms with Crippen LogP contribution in [0.25, 0.3) is 0 Å². The van der Waals surface area contributed by atoms with Crippen molar-refractivity contribution in [3.05, 3.63) is 48.0 Å². The average Bonchev–Trinajstić information content (AvgIpc) is 2.99. The highest BCUT2D eigenvalue weighted by molar-refractivity contribution is 7.90. The van der Waals surface area contributed by atoms with Crippen molar-refractivity contribution in [2.24, 2.45) is 0 Å². The monoisotopic (exact) mass is 334 g/mol. The Kier molecular flexibility index (Phi) is 3.96. The summed E-state index contributed by atoms with van der Waals surface area (Å²) in [6, 6.07) is 10.9. The minimum atomic E-state index is -3.32. The molecule has 1 aliphatic heterocycles. The molecule has 0 bridgehead atoms. The Hall–Kier alpha value is -2.54. The maximum atomic E-state index is 12.2. The maximum Gasteiger partial charge on any atom is 0.231 e. The number of Topliss-reactive ketones (excluding diaryl/α,β-unsaturated/α-hetero) is 1. The van der Waals surface area contributed by atoms with Gasteiger partial charge in [0.25, 0.3) is 0 Å². The highest BCUT2D eigenvalue weighted by Crippen LogP contribution is 2.32. The molecule has 0 spiro atoms. The second-order valence-electron chi connectivity index (χ2n) is 5.03. The minimum Gasteiger partial charge on any atom is -0.485 e. The second-order valence-corrected chi connectivity index (χ2v) is 7.04. The molecular formula is C16H14O6S. The van der Waals surface area contributed by atoms with Gasteiger partial charge in [-0.3, -0.25) is 4.79 Å². The smallest absolute Gasteiger partial charge is 0.231 e. The van der Waals surface area contributed by atoms with Crippen molar-refractivity contribution in [3.63, 3.8) is 0 Å². The number of ether oxygens (including phenoxy) is 3. The molecule has 120 valence electrons. The fraction of sp³-hybridized carbons (Fsp3) is 0.188. The molecule has 0 atom stereocenters. The van der Waals surface area contributed by atoms with E-state index in [2.05, 4.69) is 0 Å². The van der Waals surface area contributed by atoms with E-state index in [-0.39, 0.29) is 24.1 Å². The van der Waals surface area contributed by atoms with Crippen LogP contribution in [0.15, 0.2) is 47.4 Å². The first-order chi connectivity index (χ1) is 10.9. The van der Waals surface area contributed by atoms with Crippen molar-refractivity contribution in [1.29, 1.82) is 0 Å². The van der Waals surface area contributed by atoms with E-state index in [1.54, 1.807) is 30.3 Å². The van der Waals surface area contributed by atoms with E-state index in [4.69, 9.17) is 14.2 Å². The van der Waals surface area contributed by atoms with Crippen LogP contribution in [0.1, 0.15) is 10.4 Å². The first-order valence-corrected chi connectivity index (χ1v) is 8.68. The standard InChI is InChI=1S/C16H14O6S/c1-23(18,19)13-4-2-3-12(8-13)20-9-14(17)11-5-6-15-16(7-11)22-10-21-15/h2-8H,9-10H2,1H3. The van der Waals surface area contributed by atoms with Crippen LogP contribution in [0.5, 0.6) is 17.2 Å². The number of hydrogen-bond donors (Lipinski definition) is 0. The number of ketones is 1. The molecule has 0 fully saturated rings. The van der Waals surface area contributed by atoms with Gasteiger partial charge in [-0.25, -0.2) is 8.42 Å². The summed E-state index contributed by atoms with van der Waals surface area (Å²) in [6.45, 7) is -0.0609. The second kappa shape index (κ2) is 5.92. The lowest BCUT2D eigenvalue weighted by Crippen LogP contribution is -2.11. The van der Waals surface area contributed by atoms with E-state index in [0.29, 0.717) is 22.8 Å². The zero-order valence-electron chi connectivity index (χ0n) is 12.3. The number of carbonyl (C=O) groups is 1. The van der Waals surface area contributed by atoms with Crippen LogP contribution in [0.2, 0.25) is 0 Å². The van der Waals surface area contributed by atoms with Gasteiger partial charge in [-0.05, 0) is 36.4 Å². The number of benzene rings is 2. The first-order valence-electron chi connectivity index (χ1n) is 6.79. The van der Waals surface area contributed by atoms with Gasteiger partial charge >= 0.3 is 0 Å². The molecule has 6 nitrogen and oxygen atoms in total. The Morgan fingerprint density at radius 3 is 2.70 bits per heavy atom. The third kappa shape index (κ3) is 3.45. The van der Waals surface area contributed by atoms with Crippen LogP contribution < -0.4 is 14.2 Å². The number of hydrogen-bond acceptors (Lipinski definition) is 6. The lowest BCUT2D eigenvalue weighted by molar-refractivity contribution is 0.0921. The molecule has 0 saturated carbocycles. The SMILES string of the molecule is CS(=O)(=O)c1cccc(OCC(=O)c2ccc3c(c2)OCO3)c1. The van der Waals surface area contributed by atoms with Gasteiger partial charge in [0.15, 0.2) is 33.7 Å². The molecule has 2 aromatic carbocycles. The lowest BCUT2D eigenvalue weighted by atomic mass is 10.1. The van der Waals surface area contributed by atoms with Crippen molar-refractivity contribution >= 4 is 15.6 Å². The summed E-state index contributed by atoms with van der Waals surface area (Å²) < 4.78 is 38.8. The molecule has 0 amide bonds. The summed E-state index contributed by atoms with van der Waals surface area (Å²) in [5.41, 5.74) is 0.438. The van der Waals surface area contributed by atoms with E-state index in [1.165, 1.54) is 12.1 Å². The molecule has 2 aromatic rings. The van der Waals surface area contributed by atoms with Crippen LogP contribution >= 0.6 is 0 Å². The number of sulfone groups is 1. The summed E-state index contributed by atoms with van der Waals surface area (Å²) in [5, 5.41) is 0. The van der Waals surface area contributed by atoms with E-state index in [9.17, 15) is 13.2 Å². The van der Waals surface area contributed by atoms with Crippen LogP contribution in [0, 0.1) is 0 Å². The third-order valence-corrected chi connectivity index (χ3v) is 4.41. The fourth-order valence-electron chi connectivity index (χ4n) is 2.10. The van der Waals surface area contributed by atoms with Crippen LogP contribution in [0.4, 0.5) is 0 Å². The normalized spacial score (nSPS) is 12.9. The third-order valence-electron chi connectivity index (χ3n) is 3.30. The topological polar surface area (TPSA) is 78.9 Å². The van der Waals surface area contributed by atoms with E-state index >= 15 is 0 Å². The molecule has 0 unspecified atom stereocenters. The van der Waals surface area contributed by atoms with Crippen LogP contribution in [-0.2, 0) is 9.84 Å². The van der Waals surface area contributed by atoms with E-state index in [0.717, 1.165) is 6.26 Å². The van der Waals surface area contributed by atoms with E-state index < -0.39 is 9.84 Å². The highest BCUT2D eigenvalue weighted by atomic mass is 32.2. The molecule has 1 aliphatic rings. The molecular weight excluding hydrogens is 320 g/mol. The van der Waals surface area contributed by atoms with Gasteiger partial charge in [-0.15, -0.1) is 0 Å². The fourth-order valence-corrected chi connectivity index (χ4v) is 2.75. The Bertz CT molecular complexity index is 857. The molecule has 0 radical (unpaired) electrons. The van der Waals surface area contributed by atoms with Gasteiger partial charge in [0, 0.05) is 11.8 Å². The van der Waals surface area contributed by atoms with Gasteiger partial charge in [0.2, 0.25) is 6.79 Å². The molecule has 7 heteroatoms. The molecule has 0 aliphatic carbocycles. The average molecular weight is 334 g/mol. The van der Waals surface area contributed by atoms with Gasteiger partial charge in [0.1, 0.15) is 5.75 Å². The highest BCUT2D eigenvalue weighted by Gasteiger charge is 2.16. The van der Waals surface area contributed by atoms with Crippen LogP contribution in [-0.4, -0.2) is 33.9 Å².